The van der Waals surface area contributed by atoms with Crippen molar-refractivity contribution in [2.45, 2.75) is 25.9 Å². The van der Waals surface area contributed by atoms with Crippen LogP contribution in [0.25, 0.3) is 0 Å². The Balaban J connectivity index is 1.79. The Morgan fingerprint density at radius 3 is 2.27 bits per heavy atom. The van der Waals surface area contributed by atoms with Crippen LogP contribution in [-0.2, 0) is 14.3 Å². The Labute approximate surface area is 158 Å². The van der Waals surface area contributed by atoms with Gasteiger partial charge in [-0.25, -0.2) is 4.39 Å². The lowest BCUT2D eigenvalue weighted by molar-refractivity contribution is -0.153. The average Bonchev–Trinajstić information content (AvgIpc) is 2.62. The van der Waals surface area contributed by atoms with Gasteiger partial charge in [-0.05, 0) is 55.5 Å². The number of nitrogens with one attached hydrogen (secondary N) is 1. The van der Waals surface area contributed by atoms with Crippen molar-refractivity contribution in [3.8, 4) is 0 Å². The molecule has 26 heavy (non-hydrogen) atoms. The summed E-state index contributed by atoms with van der Waals surface area (Å²) in [4.78, 5) is 35.8. The summed E-state index contributed by atoms with van der Waals surface area (Å²) in [5, 5.41) is 2.63. The molecule has 0 aromatic heterocycles. The van der Waals surface area contributed by atoms with E-state index in [0.29, 0.717) is 11.3 Å². The van der Waals surface area contributed by atoms with Crippen LogP contribution in [0.2, 0.25) is 0 Å². The van der Waals surface area contributed by atoms with E-state index in [0.717, 1.165) is 4.47 Å². The zero-order chi connectivity index (χ0) is 19.1. The SMILES string of the molecule is CC(OC(=O)CCC(=O)c1ccc(F)cc1)C(=O)Nc1ccc(Br)cc1. The number of hydrogen-bond acceptors (Lipinski definition) is 4. The molecule has 0 saturated heterocycles. The first kappa shape index (κ1) is 19.8. The molecule has 0 bridgehead atoms. The summed E-state index contributed by atoms with van der Waals surface area (Å²) in [5.74, 6) is -1.86. The summed E-state index contributed by atoms with van der Waals surface area (Å²) in [6.07, 6.45) is -1.23. The topological polar surface area (TPSA) is 72.5 Å². The molecule has 0 radical (unpaired) electrons. The number of hydrogen-bond donors (Lipinski definition) is 1. The highest BCUT2D eigenvalue weighted by molar-refractivity contribution is 9.10. The van der Waals surface area contributed by atoms with Crippen LogP contribution in [0.15, 0.2) is 53.0 Å². The summed E-state index contributed by atoms with van der Waals surface area (Å²) in [6, 6.07) is 12.0. The fourth-order valence-electron chi connectivity index (χ4n) is 2.08. The van der Waals surface area contributed by atoms with Crippen LogP contribution >= 0.6 is 15.9 Å². The predicted octanol–water partition coefficient (Wildman–Crippen LogP) is 4.12. The number of carbonyl (C=O) groups is 3. The van der Waals surface area contributed by atoms with Gasteiger partial charge in [0.2, 0.25) is 0 Å². The highest BCUT2D eigenvalue weighted by atomic mass is 79.9. The number of ether oxygens (including phenoxy) is 1. The van der Waals surface area contributed by atoms with E-state index in [4.69, 9.17) is 4.74 Å². The minimum absolute atomic E-state index is 0.0779. The maximum atomic E-state index is 12.8. The number of amides is 1. The van der Waals surface area contributed by atoms with E-state index >= 15 is 0 Å². The lowest BCUT2D eigenvalue weighted by Gasteiger charge is -2.13. The number of esters is 1. The largest absolute Gasteiger partial charge is 0.453 e. The number of Topliss-reactive ketones (excluding diaryl/α,β-unsaturated/α-hetero) is 1. The summed E-state index contributed by atoms with van der Waals surface area (Å²) in [6.45, 7) is 1.45. The van der Waals surface area contributed by atoms with Gasteiger partial charge in [0.1, 0.15) is 5.82 Å². The highest BCUT2D eigenvalue weighted by Crippen LogP contribution is 2.15. The molecule has 0 aliphatic carbocycles. The van der Waals surface area contributed by atoms with E-state index < -0.39 is 23.8 Å². The second-order valence-corrected chi connectivity index (χ2v) is 6.47. The lowest BCUT2D eigenvalue weighted by Crippen LogP contribution is -2.30. The van der Waals surface area contributed by atoms with Gasteiger partial charge >= 0.3 is 5.97 Å². The quantitative estimate of drug-likeness (QED) is 0.538. The molecule has 0 spiro atoms. The Morgan fingerprint density at radius 1 is 1.04 bits per heavy atom. The monoisotopic (exact) mass is 421 g/mol. The van der Waals surface area contributed by atoms with E-state index in [2.05, 4.69) is 21.2 Å². The normalized spacial score (nSPS) is 11.5. The second kappa shape index (κ2) is 9.24. The van der Waals surface area contributed by atoms with E-state index in [1.807, 2.05) is 0 Å². The first-order chi connectivity index (χ1) is 12.3. The molecular formula is C19H17BrFNO4. The van der Waals surface area contributed by atoms with Gasteiger partial charge in [0, 0.05) is 22.1 Å². The van der Waals surface area contributed by atoms with Crippen LogP contribution < -0.4 is 5.32 Å². The third-order valence-electron chi connectivity index (χ3n) is 3.51. The molecule has 136 valence electrons. The number of anilines is 1. The fraction of sp³-hybridized carbons (Fsp3) is 0.211. The van der Waals surface area contributed by atoms with E-state index in [-0.39, 0.29) is 18.6 Å². The Bertz CT molecular complexity index is 790. The van der Waals surface area contributed by atoms with Crippen molar-refractivity contribution in [1.82, 2.24) is 0 Å². The predicted molar refractivity (Wildman–Crippen MR) is 98.3 cm³/mol. The second-order valence-electron chi connectivity index (χ2n) is 5.56. The number of carbonyl (C=O) groups excluding carboxylic acids is 3. The summed E-state index contributed by atoms with van der Waals surface area (Å²) < 4.78 is 18.8. The lowest BCUT2D eigenvalue weighted by atomic mass is 10.1. The smallest absolute Gasteiger partial charge is 0.307 e. The summed E-state index contributed by atoms with van der Waals surface area (Å²) in [5.41, 5.74) is 0.896. The third kappa shape index (κ3) is 6.07. The maximum Gasteiger partial charge on any atom is 0.307 e. The molecule has 0 fully saturated rings. The van der Waals surface area contributed by atoms with E-state index in [1.54, 1.807) is 24.3 Å². The number of benzene rings is 2. The van der Waals surface area contributed by atoms with Gasteiger partial charge in [-0.2, -0.15) is 0 Å². The summed E-state index contributed by atoms with van der Waals surface area (Å²) >= 11 is 3.29. The molecule has 7 heteroatoms. The first-order valence-electron chi connectivity index (χ1n) is 7.90. The number of ketones is 1. The van der Waals surface area contributed by atoms with Crippen LogP contribution in [-0.4, -0.2) is 23.8 Å². The van der Waals surface area contributed by atoms with Gasteiger partial charge < -0.3 is 10.1 Å². The highest BCUT2D eigenvalue weighted by Gasteiger charge is 2.19. The molecule has 1 amide bonds. The Kier molecular flexibility index (Phi) is 7.03. The minimum Gasteiger partial charge on any atom is -0.453 e. The molecule has 2 aromatic carbocycles. The fourth-order valence-corrected chi connectivity index (χ4v) is 2.35. The van der Waals surface area contributed by atoms with Gasteiger partial charge in [0.15, 0.2) is 11.9 Å². The van der Waals surface area contributed by atoms with Crippen molar-refractivity contribution >= 4 is 39.3 Å². The van der Waals surface area contributed by atoms with Gasteiger partial charge in [0.25, 0.3) is 5.91 Å². The van der Waals surface area contributed by atoms with Crippen LogP contribution in [0.3, 0.4) is 0 Å². The Hall–Kier alpha value is -2.54. The zero-order valence-corrected chi connectivity index (χ0v) is 15.6. The third-order valence-corrected chi connectivity index (χ3v) is 4.04. The molecule has 0 aliphatic heterocycles. The van der Waals surface area contributed by atoms with E-state index in [1.165, 1.54) is 31.2 Å². The van der Waals surface area contributed by atoms with E-state index in [9.17, 15) is 18.8 Å². The average molecular weight is 422 g/mol. The van der Waals surface area contributed by atoms with Gasteiger partial charge in [-0.1, -0.05) is 15.9 Å². The number of rotatable bonds is 7. The van der Waals surface area contributed by atoms with Crippen LogP contribution in [0.1, 0.15) is 30.1 Å². The first-order valence-corrected chi connectivity index (χ1v) is 8.69. The summed E-state index contributed by atoms with van der Waals surface area (Å²) in [7, 11) is 0. The molecule has 0 saturated carbocycles. The molecule has 5 nitrogen and oxygen atoms in total. The molecule has 1 unspecified atom stereocenters. The molecule has 1 atom stereocenters. The van der Waals surface area contributed by atoms with Crippen molar-refractivity contribution in [1.29, 1.82) is 0 Å². The molecule has 0 aliphatic rings. The maximum absolute atomic E-state index is 12.8. The minimum atomic E-state index is -0.993. The van der Waals surface area contributed by atoms with Crippen molar-refractivity contribution in [2.75, 3.05) is 5.32 Å². The van der Waals surface area contributed by atoms with Crippen molar-refractivity contribution < 1.29 is 23.5 Å². The van der Waals surface area contributed by atoms with Crippen molar-refractivity contribution in [3.63, 3.8) is 0 Å². The molecular weight excluding hydrogens is 405 g/mol. The Morgan fingerprint density at radius 2 is 1.65 bits per heavy atom. The number of halogens is 2. The van der Waals surface area contributed by atoms with Crippen molar-refractivity contribution in [3.05, 3.63) is 64.4 Å². The van der Waals surface area contributed by atoms with Gasteiger partial charge in [-0.3, -0.25) is 14.4 Å². The molecule has 2 rings (SSSR count). The van der Waals surface area contributed by atoms with Crippen molar-refractivity contribution in [2.24, 2.45) is 0 Å². The van der Waals surface area contributed by atoms with Gasteiger partial charge in [-0.15, -0.1) is 0 Å². The molecule has 1 N–H and O–H groups in total. The zero-order valence-electron chi connectivity index (χ0n) is 14.0. The van der Waals surface area contributed by atoms with Gasteiger partial charge in [0.05, 0.1) is 6.42 Å². The molecule has 2 aromatic rings. The van der Waals surface area contributed by atoms with Crippen LogP contribution in [0.5, 0.6) is 0 Å². The molecule has 0 heterocycles. The van der Waals surface area contributed by atoms with Crippen LogP contribution in [0.4, 0.5) is 10.1 Å². The van der Waals surface area contributed by atoms with Crippen LogP contribution in [0, 0.1) is 5.82 Å². The standard InChI is InChI=1S/C19H17BrFNO4/c1-12(19(25)22-16-8-4-14(20)5-9-16)26-18(24)11-10-17(23)13-2-6-15(21)7-3-13/h2-9,12H,10-11H2,1H3,(H,22,25).